The molecule has 2 aromatic rings. The summed E-state index contributed by atoms with van der Waals surface area (Å²) in [6, 6.07) is 9.65. The largest absolute Gasteiger partial charge is 0.492 e. The molecule has 0 aromatic carbocycles. The fourth-order valence-corrected chi connectivity index (χ4v) is 3.07. The van der Waals surface area contributed by atoms with Crippen LogP contribution in [0.15, 0.2) is 48.9 Å². The van der Waals surface area contributed by atoms with Crippen LogP contribution in [0.25, 0.3) is 0 Å². The lowest BCUT2D eigenvalue weighted by Crippen LogP contribution is -2.36. The molecule has 1 N–H and O–H groups in total. The lowest BCUT2D eigenvalue weighted by Gasteiger charge is -2.18. The third-order valence-corrected chi connectivity index (χ3v) is 4.29. The Morgan fingerprint density at radius 2 is 2.21 bits per heavy atom. The molecule has 24 heavy (non-hydrogen) atoms. The molecule has 6 nitrogen and oxygen atoms in total. The van der Waals surface area contributed by atoms with Crippen molar-refractivity contribution in [2.45, 2.75) is 5.92 Å². The topological polar surface area (TPSA) is 67.4 Å². The van der Waals surface area contributed by atoms with Gasteiger partial charge < -0.3 is 15.0 Å². The van der Waals surface area contributed by atoms with Crippen LogP contribution in [0, 0.1) is 5.92 Å². The maximum Gasteiger partial charge on any atom is 0.236 e. The van der Waals surface area contributed by atoms with Crippen LogP contribution in [0.4, 0.5) is 0 Å². The average molecular weight is 326 g/mol. The van der Waals surface area contributed by atoms with Crippen molar-refractivity contribution in [3.63, 3.8) is 0 Å². The molecule has 1 saturated heterocycles. The zero-order valence-corrected chi connectivity index (χ0v) is 13.8. The zero-order valence-electron chi connectivity index (χ0n) is 13.8. The summed E-state index contributed by atoms with van der Waals surface area (Å²) in [5.74, 6) is 1.25. The molecular formula is C18H22N4O2. The summed E-state index contributed by atoms with van der Waals surface area (Å²) in [7, 11) is 1.78. The first-order valence-electron chi connectivity index (χ1n) is 8.14. The van der Waals surface area contributed by atoms with Gasteiger partial charge in [-0.1, -0.05) is 6.07 Å². The molecule has 1 amide bonds. The number of carbonyl (C=O) groups is 1. The van der Waals surface area contributed by atoms with Crippen LogP contribution >= 0.6 is 0 Å². The molecule has 1 fully saturated rings. The van der Waals surface area contributed by atoms with Crippen molar-refractivity contribution >= 4 is 5.91 Å². The number of nitrogens with zero attached hydrogens (tertiary/aromatic N) is 3. The zero-order chi connectivity index (χ0) is 16.8. The number of rotatable bonds is 6. The van der Waals surface area contributed by atoms with Crippen LogP contribution in [0.5, 0.6) is 5.75 Å². The van der Waals surface area contributed by atoms with Gasteiger partial charge in [-0.3, -0.25) is 14.8 Å². The first-order valence-corrected chi connectivity index (χ1v) is 8.14. The molecule has 1 aliphatic rings. The van der Waals surface area contributed by atoms with Gasteiger partial charge in [0, 0.05) is 43.0 Å². The number of likely N-dealkylation sites (tertiary alicyclic amines) is 1. The summed E-state index contributed by atoms with van der Waals surface area (Å²) in [6.07, 6.45) is 5.22. The minimum atomic E-state index is 0.113. The van der Waals surface area contributed by atoms with E-state index in [1.54, 1.807) is 25.6 Å². The van der Waals surface area contributed by atoms with E-state index in [4.69, 9.17) is 4.74 Å². The average Bonchev–Trinajstić information content (AvgIpc) is 3.06. The first-order chi connectivity index (χ1) is 11.8. The Hall–Kier alpha value is -2.47. The van der Waals surface area contributed by atoms with Crippen molar-refractivity contribution in [2.75, 3.05) is 33.3 Å². The van der Waals surface area contributed by atoms with E-state index in [1.807, 2.05) is 35.2 Å². The molecule has 3 rings (SSSR count). The molecule has 0 aliphatic carbocycles. The van der Waals surface area contributed by atoms with Crippen molar-refractivity contribution in [3.05, 3.63) is 54.6 Å². The molecule has 0 unspecified atom stereocenters. The molecule has 6 heteroatoms. The van der Waals surface area contributed by atoms with E-state index in [0.29, 0.717) is 26.2 Å². The molecule has 126 valence electrons. The van der Waals surface area contributed by atoms with Crippen LogP contribution in [0.3, 0.4) is 0 Å². The molecule has 0 spiro atoms. The Morgan fingerprint density at radius 1 is 1.29 bits per heavy atom. The number of carbonyl (C=O) groups excluding carboxylic acids is 1. The van der Waals surface area contributed by atoms with Crippen molar-refractivity contribution in [2.24, 2.45) is 5.92 Å². The second-order valence-electron chi connectivity index (χ2n) is 5.95. The summed E-state index contributed by atoms with van der Waals surface area (Å²) in [5, 5.41) is 2.93. The standard InChI is InChI=1S/C18H22N4O2/c1-19-10-18(23)22-11-14(13-24-15-5-4-7-20-9-15)16(12-22)17-6-2-3-8-21-17/h2-9,14,16,19H,10-13H2,1H3/t14-,16+/m0/s1. The predicted molar refractivity (Wildman–Crippen MR) is 90.7 cm³/mol. The third kappa shape index (κ3) is 3.89. The maximum absolute atomic E-state index is 12.2. The van der Waals surface area contributed by atoms with Crippen molar-refractivity contribution in [1.29, 1.82) is 0 Å². The Kier molecular flexibility index (Phi) is 5.38. The number of nitrogens with one attached hydrogen (secondary N) is 1. The van der Waals surface area contributed by atoms with Gasteiger partial charge in [-0.05, 0) is 31.3 Å². The second kappa shape index (κ2) is 7.88. The number of pyridine rings is 2. The number of hydrogen-bond acceptors (Lipinski definition) is 5. The van der Waals surface area contributed by atoms with Crippen molar-refractivity contribution in [1.82, 2.24) is 20.2 Å². The van der Waals surface area contributed by atoms with E-state index in [9.17, 15) is 4.79 Å². The molecule has 0 saturated carbocycles. The Morgan fingerprint density at radius 3 is 2.92 bits per heavy atom. The lowest BCUT2D eigenvalue weighted by atomic mass is 9.93. The highest BCUT2D eigenvalue weighted by Gasteiger charge is 2.37. The Balaban J connectivity index is 1.71. The maximum atomic E-state index is 12.2. The van der Waals surface area contributed by atoms with Crippen LogP contribution in [-0.2, 0) is 4.79 Å². The van der Waals surface area contributed by atoms with Crippen LogP contribution in [-0.4, -0.2) is 54.1 Å². The SMILES string of the molecule is CNCC(=O)N1C[C@@H](COc2cccnc2)[C@H](c2ccccn2)C1. The van der Waals surface area contributed by atoms with Gasteiger partial charge in [0.2, 0.25) is 5.91 Å². The van der Waals surface area contributed by atoms with Crippen molar-refractivity contribution in [3.8, 4) is 5.75 Å². The van der Waals surface area contributed by atoms with Crippen LogP contribution in [0.1, 0.15) is 11.6 Å². The van der Waals surface area contributed by atoms with E-state index < -0.39 is 0 Å². The van der Waals surface area contributed by atoms with Gasteiger partial charge in [-0.2, -0.15) is 0 Å². The summed E-state index contributed by atoms with van der Waals surface area (Å²) in [6.45, 7) is 2.25. The van der Waals surface area contributed by atoms with E-state index in [2.05, 4.69) is 15.3 Å². The van der Waals surface area contributed by atoms with Gasteiger partial charge in [-0.25, -0.2) is 0 Å². The number of aromatic nitrogens is 2. The van der Waals surface area contributed by atoms with Crippen molar-refractivity contribution < 1.29 is 9.53 Å². The van der Waals surface area contributed by atoms with Crippen LogP contribution < -0.4 is 10.1 Å². The van der Waals surface area contributed by atoms with Gasteiger partial charge >= 0.3 is 0 Å². The van der Waals surface area contributed by atoms with Gasteiger partial charge in [0.15, 0.2) is 0 Å². The highest BCUT2D eigenvalue weighted by atomic mass is 16.5. The minimum Gasteiger partial charge on any atom is -0.492 e. The Labute approximate surface area is 141 Å². The highest BCUT2D eigenvalue weighted by molar-refractivity contribution is 5.78. The Bertz CT molecular complexity index is 651. The molecule has 2 aromatic heterocycles. The molecule has 3 heterocycles. The fourth-order valence-electron chi connectivity index (χ4n) is 3.07. The minimum absolute atomic E-state index is 0.113. The van der Waals surface area contributed by atoms with Gasteiger partial charge in [0.05, 0.1) is 19.3 Å². The van der Waals surface area contributed by atoms with E-state index in [0.717, 1.165) is 11.4 Å². The summed E-state index contributed by atoms with van der Waals surface area (Å²) in [4.78, 5) is 22.7. The number of amides is 1. The van der Waals surface area contributed by atoms with Gasteiger partial charge in [0.1, 0.15) is 5.75 Å². The lowest BCUT2D eigenvalue weighted by molar-refractivity contribution is -0.129. The van der Waals surface area contributed by atoms with Gasteiger partial charge in [-0.15, -0.1) is 0 Å². The summed E-state index contributed by atoms with van der Waals surface area (Å²) < 4.78 is 5.89. The third-order valence-electron chi connectivity index (χ3n) is 4.29. The number of likely N-dealkylation sites (N-methyl/N-ethyl adjacent to an activating group) is 1. The van der Waals surface area contributed by atoms with E-state index >= 15 is 0 Å². The number of hydrogen-bond donors (Lipinski definition) is 1. The first kappa shape index (κ1) is 16.4. The monoisotopic (exact) mass is 326 g/mol. The van der Waals surface area contributed by atoms with E-state index in [-0.39, 0.29) is 17.7 Å². The predicted octanol–water partition coefficient (Wildman–Crippen LogP) is 1.32. The summed E-state index contributed by atoms with van der Waals surface area (Å²) in [5.41, 5.74) is 1.01. The fraction of sp³-hybridized carbons (Fsp3) is 0.389. The summed E-state index contributed by atoms with van der Waals surface area (Å²) >= 11 is 0. The second-order valence-corrected chi connectivity index (χ2v) is 5.95. The number of ether oxygens (including phenoxy) is 1. The highest BCUT2D eigenvalue weighted by Crippen LogP contribution is 2.32. The molecule has 2 atom stereocenters. The molecule has 1 aliphatic heterocycles. The molecular weight excluding hydrogens is 304 g/mol. The molecule has 0 radical (unpaired) electrons. The van der Waals surface area contributed by atoms with E-state index in [1.165, 1.54) is 0 Å². The smallest absolute Gasteiger partial charge is 0.236 e. The van der Waals surface area contributed by atoms with Crippen LogP contribution in [0.2, 0.25) is 0 Å². The normalized spacial score (nSPS) is 20.1. The molecule has 0 bridgehead atoms. The quantitative estimate of drug-likeness (QED) is 0.867. The van der Waals surface area contributed by atoms with Gasteiger partial charge in [0.25, 0.3) is 0 Å².